The van der Waals surface area contributed by atoms with E-state index in [0.717, 1.165) is 62.3 Å². The second-order valence-electron chi connectivity index (χ2n) is 15.5. The van der Waals surface area contributed by atoms with E-state index in [0.29, 0.717) is 24.7 Å². The second-order valence-corrected chi connectivity index (χ2v) is 16.6. The number of hydrogen-bond acceptors (Lipinski definition) is 4. The highest BCUT2D eigenvalue weighted by atomic mass is 32.1. The van der Waals surface area contributed by atoms with Crippen molar-refractivity contribution >= 4 is 45.5 Å². The van der Waals surface area contributed by atoms with Gasteiger partial charge in [0.15, 0.2) is 0 Å². The van der Waals surface area contributed by atoms with Gasteiger partial charge in [-0.2, -0.15) is 0 Å². The summed E-state index contributed by atoms with van der Waals surface area (Å²) in [5.74, 6) is 1.60. The first-order valence-electron chi connectivity index (χ1n) is 21.0. The Kier molecular flexibility index (Phi) is 12.7. The van der Waals surface area contributed by atoms with E-state index in [-0.39, 0.29) is 6.17 Å². The average Bonchev–Trinajstić information content (AvgIpc) is 3.65. The zero-order valence-corrected chi connectivity index (χ0v) is 35.9. The Morgan fingerprint density at radius 3 is 2.16 bits per heavy atom. The summed E-state index contributed by atoms with van der Waals surface area (Å²) in [5.41, 5.74) is 20.2. The summed E-state index contributed by atoms with van der Waals surface area (Å²) in [7, 11) is 0. The van der Waals surface area contributed by atoms with E-state index < -0.39 is 0 Å². The van der Waals surface area contributed by atoms with Gasteiger partial charge in [0.1, 0.15) is 17.8 Å². The fraction of sp³-hybridized carbons (Fsp3) is 0.145. The number of aliphatic imine (C=N–C) groups is 3. The van der Waals surface area contributed by atoms with Crippen LogP contribution in [0.25, 0.3) is 32.3 Å². The number of nitrogens with zero attached hydrogens (tertiary/aromatic N) is 3. The van der Waals surface area contributed by atoms with E-state index in [9.17, 15) is 0 Å². The monoisotopic (exact) mass is 813 g/mol. The van der Waals surface area contributed by atoms with E-state index in [1.807, 2.05) is 36.4 Å². The summed E-state index contributed by atoms with van der Waals surface area (Å²) in [5, 5.41) is 4.83. The number of thiophene rings is 1. The maximum atomic E-state index is 6.89. The molecule has 8 aromatic rings. The van der Waals surface area contributed by atoms with Crippen LogP contribution in [0, 0.1) is 6.92 Å². The van der Waals surface area contributed by atoms with Crippen molar-refractivity contribution in [1.29, 1.82) is 0 Å². The topological polar surface area (TPSA) is 75.1 Å². The van der Waals surface area contributed by atoms with Crippen molar-refractivity contribution < 1.29 is 0 Å². The number of fused-ring (bicyclic) bond motifs is 1. The van der Waals surface area contributed by atoms with Crippen LogP contribution in [0.1, 0.15) is 76.2 Å². The lowest BCUT2D eigenvalue weighted by atomic mass is 9.84. The van der Waals surface area contributed by atoms with Crippen LogP contribution in [0.2, 0.25) is 0 Å². The van der Waals surface area contributed by atoms with Gasteiger partial charge in [0.25, 0.3) is 0 Å². The van der Waals surface area contributed by atoms with Gasteiger partial charge in [-0.05, 0) is 88.2 Å². The number of benzene rings is 7. The summed E-state index contributed by atoms with van der Waals surface area (Å²) in [4.78, 5) is 16.2. The average molecular weight is 814 g/mol. The summed E-state index contributed by atoms with van der Waals surface area (Å²) in [6.45, 7) is 11.3. The van der Waals surface area contributed by atoms with Crippen LogP contribution in [0.4, 0.5) is 5.69 Å². The Labute approximate surface area is 364 Å². The first kappa shape index (κ1) is 40.9. The predicted octanol–water partition coefficient (Wildman–Crippen LogP) is 13.6. The molecule has 0 saturated carbocycles. The quantitative estimate of drug-likeness (QED) is 0.0847. The molecule has 8 rings (SSSR count). The molecule has 2 unspecified atom stereocenters. The lowest BCUT2D eigenvalue weighted by Gasteiger charge is -2.24. The fourth-order valence-electron chi connectivity index (χ4n) is 7.95. The van der Waals surface area contributed by atoms with E-state index in [1.54, 1.807) is 11.3 Å². The van der Waals surface area contributed by atoms with E-state index in [2.05, 4.69) is 177 Å². The lowest BCUT2D eigenvalue weighted by molar-refractivity contribution is 0.686. The van der Waals surface area contributed by atoms with Gasteiger partial charge in [0, 0.05) is 32.5 Å². The number of amidine groups is 2. The molecule has 302 valence electrons. The maximum absolute atomic E-state index is 6.89. The molecule has 0 amide bonds. The molecule has 0 aliphatic heterocycles. The third-order valence-corrected chi connectivity index (χ3v) is 12.6. The zero-order chi connectivity index (χ0) is 42.1. The van der Waals surface area contributed by atoms with Gasteiger partial charge >= 0.3 is 0 Å². The fourth-order valence-corrected chi connectivity index (χ4v) is 9.13. The highest BCUT2D eigenvalue weighted by molar-refractivity contribution is 7.19. The standard InChI is InChI=1S/C55H51N5S/c1-5-37(2)45-32-31-40(34-50-52(46-28-15-16-30-49(46)61-50)59-53(56)44-27-18-26-43(35-44)41-22-11-7-12-23-41)33-48(45)51-38(3)19-17-29-47(51)55(58-36-39-20-9-6-10-21-39)60-54(57-4)42-24-13-8-14-25-42/h6-33,35,37,54H,4-5,34,36H2,1-3H3,(H2,56,59)(H,58,60). The molecule has 0 saturated heterocycles. The van der Waals surface area contributed by atoms with Crippen LogP contribution in [0.3, 0.4) is 0 Å². The van der Waals surface area contributed by atoms with E-state index in [1.165, 1.54) is 31.8 Å². The lowest BCUT2D eigenvalue weighted by Crippen LogP contribution is -2.29. The first-order valence-corrected chi connectivity index (χ1v) is 21.8. The van der Waals surface area contributed by atoms with Crippen LogP contribution in [0.5, 0.6) is 0 Å². The van der Waals surface area contributed by atoms with Crippen LogP contribution in [-0.4, -0.2) is 18.4 Å². The Bertz CT molecular complexity index is 2820. The molecule has 0 fully saturated rings. The molecule has 0 spiro atoms. The molecule has 0 radical (unpaired) electrons. The minimum atomic E-state index is -0.385. The van der Waals surface area contributed by atoms with Crippen molar-refractivity contribution in [2.45, 2.75) is 52.2 Å². The molecule has 0 aliphatic carbocycles. The van der Waals surface area contributed by atoms with Gasteiger partial charge < -0.3 is 11.1 Å². The van der Waals surface area contributed by atoms with Gasteiger partial charge in [-0.15, -0.1) is 11.3 Å². The predicted molar refractivity (Wildman–Crippen MR) is 261 cm³/mol. The molecule has 0 bridgehead atoms. The highest BCUT2D eigenvalue weighted by Gasteiger charge is 2.22. The largest absolute Gasteiger partial charge is 0.383 e. The molecule has 1 aromatic heterocycles. The van der Waals surface area contributed by atoms with Crippen LogP contribution >= 0.6 is 11.3 Å². The third kappa shape index (κ3) is 9.30. The van der Waals surface area contributed by atoms with Crippen LogP contribution in [-0.2, 0) is 13.0 Å². The van der Waals surface area contributed by atoms with Gasteiger partial charge in [-0.25, -0.2) is 4.99 Å². The number of nitrogens with one attached hydrogen (secondary N) is 1. The number of aryl methyl sites for hydroxylation is 1. The van der Waals surface area contributed by atoms with Crippen molar-refractivity contribution in [1.82, 2.24) is 5.32 Å². The van der Waals surface area contributed by atoms with Gasteiger partial charge in [0.2, 0.25) is 0 Å². The van der Waals surface area contributed by atoms with Gasteiger partial charge in [-0.1, -0.05) is 178 Å². The molecular weight excluding hydrogens is 763 g/mol. The molecule has 6 heteroatoms. The SMILES string of the molecule is C=NC(NC(=NCc1ccccc1)c1cccc(C)c1-c1cc(Cc2sc3ccccc3c2N=C(N)c2cccc(-c3ccccc3)c2)ccc1C(C)CC)c1ccccc1. The molecule has 0 aliphatic rings. The van der Waals surface area contributed by atoms with Crippen molar-refractivity contribution in [2.75, 3.05) is 0 Å². The van der Waals surface area contributed by atoms with Crippen molar-refractivity contribution in [2.24, 2.45) is 20.7 Å². The molecular formula is C55H51N5S. The molecule has 7 aromatic carbocycles. The minimum Gasteiger partial charge on any atom is -0.383 e. The van der Waals surface area contributed by atoms with E-state index in [4.69, 9.17) is 15.7 Å². The minimum absolute atomic E-state index is 0.331. The normalized spacial score (nSPS) is 12.9. The Balaban J connectivity index is 1.22. The summed E-state index contributed by atoms with van der Waals surface area (Å²) in [6.07, 6.45) is 1.33. The number of nitrogens with two attached hydrogens (primary N) is 1. The Morgan fingerprint density at radius 2 is 1.41 bits per heavy atom. The second kappa shape index (κ2) is 19.0. The molecule has 3 N–H and O–H groups in total. The summed E-state index contributed by atoms with van der Waals surface area (Å²) >= 11 is 1.79. The Hall–Kier alpha value is -6.89. The van der Waals surface area contributed by atoms with Gasteiger partial charge in [-0.3, -0.25) is 9.98 Å². The summed E-state index contributed by atoms with van der Waals surface area (Å²) in [6, 6.07) is 61.4. The van der Waals surface area contributed by atoms with Gasteiger partial charge in [0.05, 0.1) is 12.2 Å². The number of hydrogen-bond donors (Lipinski definition) is 2. The maximum Gasteiger partial charge on any atom is 0.145 e. The first-order chi connectivity index (χ1) is 29.9. The third-order valence-electron chi connectivity index (χ3n) is 11.4. The Morgan fingerprint density at radius 1 is 0.721 bits per heavy atom. The smallest absolute Gasteiger partial charge is 0.145 e. The number of rotatable bonds is 14. The molecule has 2 atom stereocenters. The molecule has 5 nitrogen and oxygen atoms in total. The van der Waals surface area contributed by atoms with Crippen LogP contribution in [0.15, 0.2) is 191 Å². The highest BCUT2D eigenvalue weighted by Crippen LogP contribution is 2.42. The van der Waals surface area contributed by atoms with Crippen LogP contribution < -0.4 is 11.1 Å². The zero-order valence-electron chi connectivity index (χ0n) is 35.1. The van der Waals surface area contributed by atoms with E-state index >= 15 is 0 Å². The summed E-state index contributed by atoms with van der Waals surface area (Å²) < 4.78 is 1.19. The van der Waals surface area contributed by atoms with Crippen molar-refractivity contribution in [3.8, 4) is 22.3 Å². The molecule has 61 heavy (non-hydrogen) atoms. The molecule has 1 heterocycles. The van der Waals surface area contributed by atoms with Crippen molar-refractivity contribution in [3.05, 3.63) is 220 Å². The van der Waals surface area contributed by atoms with Crippen molar-refractivity contribution in [3.63, 3.8) is 0 Å².